The molecule has 5 nitrogen and oxygen atoms in total. The van der Waals surface area contributed by atoms with Gasteiger partial charge in [-0.2, -0.15) is 5.10 Å². The second-order valence-corrected chi connectivity index (χ2v) is 7.71. The van der Waals surface area contributed by atoms with Gasteiger partial charge >= 0.3 is 0 Å². The Morgan fingerprint density at radius 1 is 0.897 bits per heavy atom. The van der Waals surface area contributed by atoms with Crippen molar-refractivity contribution in [2.24, 2.45) is 5.10 Å². The quantitative estimate of drug-likeness (QED) is 0.580. The maximum absolute atomic E-state index is 6.39. The second kappa shape index (κ2) is 6.42. The van der Waals surface area contributed by atoms with Crippen LogP contribution in [-0.2, 0) is 0 Å². The van der Waals surface area contributed by atoms with Crippen molar-refractivity contribution >= 4 is 17.3 Å². The largest absolute Gasteiger partial charge is 0.464 e. The molecule has 29 heavy (non-hydrogen) atoms. The van der Waals surface area contributed by atoms with Crippen molar-refractivity contribution in [1.29, 1.82) is 0 Å². The first-order valence-corrected chi connectivity index (χ1v) is 9.91. The molecule has 3 aliphatic rings. The van der Waals surface area contributed by atoms with Gasteiger partial charge < -0.3 is 14.2 Å². The van der Waals surface area contributed by atoms with Gasteiger partial charge in [0.1, 0.15) is 5.75 Å². The first kappa shape index (κ1) is 16.7. The van der Waals surface area contributed by atoms with Crippen LogP contribution < -0.4 is 14.2 Å². The molecule has 6 rings (SSSR count). The molecular weight excluding hydrogens is 388 g/mol. The van der Waals surface area contributed by atoms with Gasteiger partial charge in [0.15, 0.2) is 11.5 Å². The predicted molar refractivity (Wildman–Crippen MR) is 110 cm³/mol. The predicted octanol–water partition coefficient (Wildman–Crippen LogP) is 5.31. The van der Waals surface area contributed by atoms with E-state index in [1.807, 2.05) is 59.6 Å². The second-order valence-electron chi connectivity index (χ2n) is 7.28. The van der Waals surface area contributed by atoms with Crippen LogP contribution in [-0.4, -0.2) is 17.5 Å². The van der Waals surface area contributed by atoms with Crippen molar-refractivity contribution in [1.82, 2.24) is 5.01 Å². The van der Waals surface area contributed by atoms with Gasteiger partial charge in [-0.3, -0.25) is 0 Å². The first-order chi connectivity index (χ1) is 14.3. The summed E-state index contributed by atoms with van der Waals surface area (Å²) in [5.74, 6) is 2.32. The average Bonchev–Trinajstić information content (AvgIpc) is 3.41. The molecule has 0 amide bonds. The summed E-state index contributed by atoms with van der Waals surface area (Å²) in [5, 5.41) is 7.71. The monoisotopic (exact) mass is 404 g/mol. The Balaban J connectivity index is 1.46. The van der Waals surface area contributed by atoms with Crippen LogP contribution in [0.2, 0.25) is 5.02 Å². The topological polar surface area (TPSA) is 43.3 Å². The van der Waals surface area contributed by atoms with E-state index in [2.05, 4.69) is 12.1 Å². The van der Waals surface area contributed by atoms with Crippen LogP contribution in [0.25, 0.3) is 0 Å². The average molecular weight is 405 g/mol. The van der Waals surface area contributed by atoms with E-state index in [0.29, 0.717) is 5.02 Å². The zero-order valence-corrected chi connectivity index (χ0v) is 16.2. The molecule has 0 N–H and O–H groups in total. The Labute approximate surface area is 173 Å². The van der Waals surface area contributed by atoms with Gasteiger partial charge in [0.2, 0.25) is 13.0 Å². The fourth-order valence-electron chi connectivity index (χ4n) is 4.15. The zero-order chi connectivity index (χ0) is 19.4. The third kappa shape index (κ3) is 2.73. The highest BCUT2D eigenvalue weighted by Gasteiger charge is 2.41. The molecule has 0 radical (unpaired) electrons. The summed E-state index contributed by atoms with van der Waals surface area (Å²) in [6, 6.07) is 22.0. The Morgan fingerprint density at radius 2 is 1.72 bits per heavy atom. The van der Waals surface area contributed by atoms with Crippen LogP contribution in [0.5, 0.6) is 17.2 Å². The molecule has 3 aromatic carbocycles. The number of ether oxygens (including phenoxy) is 3. The van der Waals surface area contributed by atoms with Crippen LogP contribution in [0.4, 0.5) is 0 Å². The summed E-state index contributed by atoms with van der Waals surface area (Å²) in [5.41, 5.74) is 4.19. The number of hydrogen-bond donors (Lipinski definition) is 0. The molecule has 3 aromatic rings. The molecule has 0 aromatic heterocycles. The number of hydrazone groups is 1. The minimum atomic E-state index is -0.357. The molecule has 0 spiro atoms. The van der Waals surface area contributed by atoms with Crippen molar-refractivity contribution < 1.29 is 14.2 Å². The van der Waals surface area contributed by atoms with Gasteiger partial charge in [0.05, 0.1) is 11.8 Å². The van der Waals surface area contributed by atoms with Gasteiger partial charge in [-0.1, -0.05) is 41.9 Å². The Bertz CT molecular complexity index is 1130. The fourth-order valence-corrected chi connectivity index (χ4v) is 4.33. The summed E-state index contributed by atoms with van der Waals surface area (Å²) in [4.78, 5) is 0. The highest BCUT2D eigenvalue weighted by Crippen LogP contribution is 2.49. The summed E-state index contributed by atoms with van der Waals surface area (Å²) >= 11 is 6.30. The number of hydrogen-bond acceptors (Lipinski definition) is 5. The maximum atomic E-state index is 6.39. The Hall–Kier alpha value is -3.18. The minimum Gasteiger partial charge on any atom is -0.464 e. The maximum Gasteiger partial charge on any atom is 0.231 e. The van der Waals surface area contributed by atoms with Gasteiger partial charge in [-0.05, 0) is 42.0 Å². The van der Waals surface area contributed by atoms with Gasteiger partial charge in [0, 0.05) is 22.6 Å². The number of halogens is 1. The van der Waals surface area contributed by atoms with Crippen LogP contribution in [0.15, 0.2) is 71.8 Å². The van der Waals surface area contributed by atoms with E-state index in [-0.39, 0.29) is 19.1 Å². The molecular formula is C23H17ClN2O3. The molecule has 2 atom stereocenters. The molecule has 0 saturated carbocycles. The standard InChI is InChI=1S/C23H17ClN2O3/c24-16-7-9-20-17(11-16)19-12-18(14-4-2-1-3-5-14)25-26(19)23(29-20)15-6-8-21-22(10-15)28-13-27-21/h1-11,19,23H,12-13H2/t19-,23-/m0/s1. The van der Waals surface area contributed by atoms with E-state index >= 15 is 0 Å². The minimum absolute atomic E-state index is 0.0584. The van der Waals surface area contributed by atoms with Crippen LogP contribution >= 0.6 is 11.6 Å². The lowest BCUT2D eigenvalue weighted by Gasteiger charge is -2.38. The molecule has 0 saturated heterocycles. The van der Waals surface area contributed by atoms with Gasteiger partial charge in [-0.15, -0.1) is 0 Å². The number of fused-ring (bicyclic) bond motifs is 4. The number of nitrogens with zero attached hydrogens (tertiary/aromatic N) is 2. The smallest absolute Gasteiger partial charge is 0.231 e. The molecule has 3 heterocycles. The highest BCUT2D eigenvalue weighted by molar-refractivity contribution is 6.30. The van der Waals surface area contributed by atoms with Crippen molar-refractivity contribution in [2.75, 3.05) is 6.79 Å². The highest BCUT2D eigenvalue weighted by atomic mass is 35.5. The molecule has 0 fully saturated rings. The van der Waals surface area contributed by atoms with E-state index in [1.165, 1.54) is 0 Å². The summed E-state index contributed by atoms with van der Waals surface area (Å²) < 4.78 is 17.4. The van der Waals surface area contributed by atoms with Gasteiger partial charge in [0.25, 0.3) is 0 Å². The molecule has 0 unspecified atom stereocenters. The Kier molecular flexibility index (Phi) is 3.71. The fraction of sp³-hybridized carbons (Fsp3) is 0.174. The van der Waals surface area contributed by atoms with E-state index in [4.69, 9.17) is 30.9 Å². The third-order valence-electron chi connectivity index (χ3n) is 5.54. The molecule has 3 aliphatic heterocycles. The number of rotatable bonds is 2. The molecule has 6 heteroatoms. The summed E-state index contributed by atoms with van der Waals surface area (Å²) in [6.45, 7) is 0.244. The van der Waals surface area contributed by atoms with Crippen LogP contribution in [0, 0.1) is 0 Å². The normalized spacial score (nSPS) is 21.3. The van der Waals surface area contributed by atoms with E-state index in [9.17, 15) is 0 Å². The van der Waals surface area contributed by atoms with Crippen molar-refractivity contribution in [2.45, 2.75) is 18.7 Å². The first-order valence-electron chi connectivity index (χ1n) is 9.53. The van der Waals surface area contributed by atoms with Crippen LogP contribution in [0.3, 0.4) is 0 Å². The summed E-state index contributed by atoms with van der Waals surface area (Å²) in [6.07, 6.45) is 0.436. The lowest BCUT2D eigenvalue weighted by Crippen LogP contribution is -2.33. The third-order valence-corrected chi connectivity index (χ3v) is 5.78. The van der Waals surface area contributed by atoms with Crippen molar-refractivity contribution in [3.63, 3.8) is 0 Å². The lowest BCUT2D eigenvalue weighted by molar-refractivity contribution is -0.0191. The molecule has 0 bridgehead atoms. The van der Waals surface area contributed by atoms with Gasteiger partial charge in [-0.25, -0.2) is 5.01 Å². The summed E-state index contributed by atoms with van der Waals surface area (Å²) in [7, 11) is 0. The van der Waals surface area contributed by atoms with Crippen LogP contribution in [0.1, 0.15) is 35.4 Å². The number of benzene rings is 3. The Morgan fingerprint density at radius 3 is 2.62 bits per heavy atom. The zero-order valence-electron chi connectivity index (χ0n) is 15.4. The van der Waals surface area contributed by atoms with E-state index < -0.39 is 0 Å². The SMILES string of the molecule is Clc1ccc2c(c1)[C@@H]1CC(c3ccccc3)=NN1[C@H](c1ccc3c(c1)OCO3)O2. The van der Waals surface area contributed by atoms with Crippen molar-refractivity contribution in [3.8, 4) is 17.2 Å². The van der Waals surface area contributed by atoms with Crippen molar-refractivity contribution in [3.05, 3.63) is 88.4 Å². The lowest BCUT2D eigenvalue weighted by atomic mass is 9.96. The van der Waals surface area contributed by atoms with E-state index in [1.54, 1.807) is 0 Å². The molecule has 144 valence electrons. The molecule has 0 aliphatic carbocycles. The van der Waals surface area contributed by atoms with E-state index in [0.717, 1.165) is 46.1 Å².